The highest BCUT2D eigenvalue weighted by Gasteiger charge is 2.15. The van der Waals surface area contributed by atoms with Gasteiger partial charge >= 0.3 is 11.9 Å². The summed E-state index contributed by atoms with van der Waals surface area (Å²) >= 11 is 0. The summed E-state index contributed by atoms with van der Waals surface area (Å²) in [4.78, 5) is 24.2. The first kappa shape index (κ1) is 46.0. The summed E-state index contributed by atoms with van der Waals surface area (Å²) < 4.78 is 10.5. The Labute approximate surface area is 305 Å². The minimum atomic E-state index is -0.842. The quantitative estimate of drug-likeness (QED) is 0.0446. The molecule has 50 heavy (non-hydrogen) atoms. The molecule has 0 amide bonds. The molecule has 0 aromatic carbocycles. The maximum atomic E-state index is 12.1. The molecule has 0 rings (SSSR count). The Balaban J connectivity index is 3.86. The van der Waals surface area contributed by atoms with E-state index in [2.05, 4.69) is 135 Å². The number of allylic oxidation sites excluding steroid dienone is 22. The van der Waals surface area contributed by atoms with Crippen molar-refractivity contribution in [2.45, 2.75) is 123 Å². The van der Waals surface area contributed by atoms with E-state index < -0.39 is 12.1 Å². The number of rotatable bonds is 31. The second-order valence-electron chi connectivity index (χ2n) is 11.5. The molecular formula is C45H66O5. The lowest BCUT2D eigenvalue weighted by Crippen LogP contribution is -2.28. The summed E-state index contributed by atoms with van der Waals surface area (Å²) in [7, 11) is 0. The van der Waals surface area contributed by atoms with E-state index in [0.29, 0.717) is 12.8 Å². The van der Waals surface area contributed by atoms with Crippen molar-refractivity contribution in [1.82, 2.24) is 0 Å². The van der Waals surface area contributed by atoms with Gasteiger partial charge in [0.1, 0.15) is 6.61 Å². The van der Waals surface area contributed by atoms with Crippen LogP contribution in [0.4, 0.5) is 0 Å². The molecule has 5 heteroatoms. The Kier molecular flexibility index (Phi) is 36.4. The molecule has 0 aromatic rings. The number of carbonyl (C=O) groups is 2. The molecule has 0 aliphatic rings. The zero-order chi connectivity index (χ0) is 36.4. The first-order valence-corrected chi connectivity index (χ1v) is 18.7. The lowest BCUT2D eigenvalue weighted by Gasteiger charge is -2.15. The highest BCUT2D eigenvalue weighted by molar-refractivity contribution is 5.70. The highest BCUT2D eigenvalue weighted by atomic mass is 16.6. The van der Waals surface area contributed by atoms with Crippen LogP contribution in [0.25, 0.3) is 0 Å². The zero-order valence-electron chi connectivity index (χ0n) is 31.1. The van der Waals surface area contributed by atoms with E-state index in [1.165, 1.54) is 0 Å². The molecule has 0 saturated heterocycles. The molecule has 0 aliphatic carbocycles. The van der Waals surface area contributed by atoms with Gasteiger partial charge in [0.25, 0.3) is 0 Å². The number of esters is 2. The summed E-state index contributed by atoms with van der Waals surface area (Å²) in [6.45, 7) is 3.76. The van der Waals surface area contributed by atoms with Gasteiger partial charge in [-0.1, -0.05) is 148 Å². The fourth-order valence-electron chi connectivity index (χ4n) is 4.20. The third-order valence-electron chi connectivity index (χ3n) is 6.95. The largest absolute Gasteiger partial charge is 0.462 e. The average molecular weight is 687 g/mol. The number of aliphatic hydroxyl groups excluding tert-OH is 1. The van der Waals surface area contributed by atoms with Crippen molar-refractivity contribution in [3.8, 4) is 0 Å². The van der Waals surface area contributed by atoms with Gasteiger partial charge in [-0.05, 0) is 89.9 Å². The van der Waals surface area contributed by atoms with Crippen LogP contribution in [-0.4, -0.2) is 36.4 Å². The Bertz CT molecular complexity index is 1140. The van der Waals surface area contributed by atoms with Gasteiger partial charge in [0, 0.05) is 12.8 Å². The maximum Gasteiger partial charge on any atom is 0.306 e. The van der Waals surface area contributed by atoms with Crippen molar-refractivity contribution >= 4 is 11.9 Å². The van der Waals surface area contributed by atoms with E-state index in [4.69, 9.17) is 9.47 Å². The fraction of sp³-hybridized carbons (Fsp3) is 0.467. The number of ether oxygens (including phenoxy) is 2. The van der Waals surface area contributed by atoms with Crippen molar-refractivity contribution < 1.29 is 24.2 Å². The molecule has 1 atom stereocenters. The van der Waals surface area contributed by atoms with Crippen LogP contribution in [-0.2, 0) is 19.1 Å². The van der Waals surface area contributed by atoms with Gasteiger partial charge in [-0.3, -0.25) is 9.59 Å². The first-order chi connectivity index (χ1) is 24.6. The van der Waals surface area contributed by atoms with Gasteiger partial charge in [-0.15, -0.1) is 0 Å². The van der Waals surface area contributed by atoms with E-state index >= 15 is 0 Å². The fourth-order valence-corrected chi connectivity index (χ4v) is 4.20. The summed E-state index contributed by atoms with van der Waals surface area (Å²) in [6, 6.07) is 0. The molecule has 0 saturated carbocycles. The van der Waals surface area contributed by atoms with Crippen LogP contribution in [0.1, 0.15) is 117 Å². The van der Waals surface area contributed by atoms with Crippen LogP contribution < -0.4 is 0 Å². The van der Waals surface area contributed by atoms with Crippen LogP contribution in [0, 0.1) is 0 Å². The molecule has 0 radical (unpaired) electrons. The smallest absolute Gasteiger partial charge is 0.306 e. The van der Waals surface area contributed by atoms with E-state index in [-0.39, 0.29) is 32.0 Å². The average Bonchev–Trinajstić information content (AvgIpc) is 3.12. The molecule has 5 nitrogen and oxygen atoms in total. The minimum absolute atomic E-state index is 0.139. The van der Waals surface area contributed by atoms with Crippen molar-refractivity contribution in [2.75, 3.05) is 13.2 Å². The topological polar surface area (TPSA) is 72.8 Å². The Morgan fingerprint density at radius 2 is 0.800 bits per heavy atom. The minimum Gasteiger partial charge on any atom is -0.462 e. The summed E-state index contributed by atoms with van der Waals surface area (Å²) in [5, 5.41) is 9.53. The number of unbranched alkanes of at least 4 members (excludes halogenated alkanes) is 1. The second kappa shape index (κ2) is 39.5. The molecular weight excluding hydrogens is 620 g/mol. The molecule has 0 heterocycles. The molecule has 0 fully saturated rings. The van der Waals surface area contributed by atoms with Gasteiger partial charge in [-0.25, -0.2) is 0 Å². The monoisotopic (exact) mass is 686 g/mol. The summed E-state index contributed by atoms with van der Waals surface area (Å²) in [5.74, 6) is -0.775. The Morgan fingerprint density at radius 1 is 0.460 bits per heavy atom. The Hall–Kier alpha value is -3.96. The predicted molar refractivity (Wildman–Crippen MR) is 214 cm³/mol. The van der Waals surface area contributed by atoms with Crippen molar-refractivity contribution in [3.05, 3.63) is 134 Å². The summed E-state index contributed by atoms with van der Waals surface area (Å²) in [6.07, 6.45) is 59.5. The van der Waals surface area contributed by atoms with Gasteiger partial charge in [-0.2, -0.15) is 0 Å². The lowest BCUT2D eigenvalue weighted by atomic mass is 10.2. The van der Waals surface area contributed by atoms with E-state index in [9.17, 15) is 14.7 Å². The zero-order valence-corrected chi connectivity index (χ0v) is 31.1. The number of hydrogen-bond donors (Lipinski definition) is 1. The predicted octanol–water partition coefficient (Wildman–Crippen LogP) is 11.8. The van der Waals surface area contributed by atoms with E-state index in [1.54, 1.807) is 0 Å². The van der Waals surface area contributed by atoms with Gasteiger partial charge < -0.3 is 14.6 Å². The number of aliphatic hydroxyl groups is 1. The SMILES string of the molecule is CCC=CCC=CCC=CCC=CCC=CCC=CCCC(=O)OC[C@H](CO)OC(=O)CCCC=CCC=CCC=CCC=CCC=CCC. The number of hydrogen-bond acceptors (Lipinski definition) is 5. The van der Waals surface area contributed by atoms with E-state index in [0.717, 1.165) is 77.0 Å². The number of carbonyl (C=O) groups excluding carboxylic acids is 2. The third-order valence-corrected chi connectivity index (χ3v) is 6.95. The lowest BCUT2D eigenvalue weighted by molar-refractivity contribution is -0.161. The second-order valence-corrected chi connectivity index (χ2v) is 11.5. The molecule has 0 aliphatic heterocycles. The molecule has 0 bridgehead atoms. The van der Waals surface area contributed by atoms with Gasteiger partial charge in [0.15, 0.2) is 6.10 Å². The Morgan fingerprint density at radius 3 is 1.16 bits per heavy atom. The van der Waals surface area contributed by atoms with Crippen LogP contribution in [0.2, 0.25) is 0 Å². The van der Waals surface area contributed by atoms with Crippen LogP contribution in [0.5, 0.6) is 0 Å². The molecule has 0 aromatic heterocycles. The standard InChI is InChI=1S/C45H66O5/c1-3-5-7-9-11-13-15-17-19-21-22-24-25-27-29-31-33-35-37-39-44(47)49-42-43(41-46)50-45(48)40-38-36-34-32-30-28-26-23-20-18-16-14-12-10-8-6-4-2/h5-8,11-14,17-20,22,24,26-29,32-35,43,46H,3-4,9-10,15-16,21,23,25,30-31,36-42H2,1-2H3/t43-/m0/s1. The first-order valence-electron chi connectivity index (χ1n) is 18.7. The van der Waals surface area contributed by atoms with Crippen LogP contribution in [0.3, 0.4) is 0 Å². The normalized spacial score (nSPS) is 13.7. The van der Waals surface area contributed by atoms with Crippen LogP contribution >= 0.6 is 0 Å². The van der Waals surface area contributed by atoms with E-state index in [1.807, 2.05) is 12.2 Å². The van der Waals surface area contributed by atoms with Gasteiger partial charge in [0.05, 0.1) is 6.61 Å². The maximum absolute atomic E-state index is 12.1. The van der Waals surface area contributed by atoms with Crippen LogP contribution in [0.15, 0.2) is 134 Å². The molecule has 0 spiro atoms. The van der Waals surface area contributed by atoms with Crippen molar-refractivity contribution in [1.29, 1.82) is 0 Å². The van der Waals surface area contributed by atoms with Gasteiger partial charge in [0.2, 0.25) is 0 Å². The molecule has 1 N–H and O–H groups in total. The van der Waals surface area contributed by atoms with Crippen molar-refractivity contribution in [2.24, 2.45) is 0 Å². The molecule has 0 unspecified atom stereocenters. The molecule has 276 valence electrons. The summed E-state index contributed by atoms with van der Waals surface area (Å²) in [5.41, 5.74) is 0. The third kappa shape index (κ3) is 36.9. The van der Waals surface area contributed by atoms with Crippen molar-refractivity contribution in [3.63, 3.8) is 0 Å². The highest BCUT2D eigenvalue weighted by Crippen LogP contribution is 2.05.